The summed E-state index contributed by atoms with van der Waals surface area (Å²) < 4.78 is 7.22. The minimum absolute atomic E-state index is 0.217. The Labute approximate surface area is 209 Å². The molecule has 170 valence electrons. The lowest BCUT2D eigenvalue weighted by Gasteiger charge is -2.24. The van der Waals surface area contributed by atoms with Gasteiger partial charge in [0.1, 0.15) is 0 Å². The molecule has 1 aliphatic rings. The Balaban J connectivity index is 1.98. The highest BCUT2D eigenvalue weighted by molar-refractivity contribution is 7.07. The van der Waals surface area contributed by atoms with Crippen LogP contribution in [0.5, 0.6) is 0 Å². The van der Waals surface area contributed by atoms with Gasteiger partial charge in [0, 0.05) is 5.02 Å². The molecule has 4 rings (SSSR count). The average Bonchev–Trinajstić information content (AvgIpc) is 3.06. The maximum atomic E-state index is 13.6. The van der Waals surface area contributed by atoms with Gasteiger partial charge < -0.3 is 4.74 Å². The van der Waals surface area contributed by atoms with Crippen molar-refractivity contribution in [3.8, 4) is 0 Å². The quantitative estimate of drug-likeness (QED) is 0.356. The Morgan fingerprint density at radius 3 is 2.55 bits per heavy atom. The molecule has 33 heavy (non-hydrogen) atoms. The summed E-state index contributed by atoms with van der Waals surface area (Å²) >= 11 is 19.8. The first-order valence-electron chi connectivity index (χ1n) is 10.1. The topological polar surface area (TPSA) is 60.7 Å². The normalized spacial score (nSPS) is 15.9. The third-order valence-corrected chi connectivity index (χ3v) is 7.24. The third kappa shape index (κ3) is 4.53. The van der Waals surface area contributed by atoms with E-state index in [4.69, 9.17) is 39.5 Å². The average molecular weight is 522 g/mol. The Hall–Kier alpha value is -2.38. The molecule has 2 heterocycles. The minimum Gasteiger partial charge on any atom is -0.463 e. The van der Waals surface area contributed by atoms with Crippen LogP contribution in [0.1, 0.15) is 36.6 Å². The molecular weight excluding hydrogens is 503 g/mol. The molecule has 0 saturated heterocycles. The van der Waals surface area contributed by atoms with Gasteiger partial charge in [-0.25, -0.2) is 9.79 Å². The number of nitrogens with zero attached hydrogens (tertiary/aromatic N) is 2. The largest absolute Gasteiger partial charge is 0.463 e. The molecule has 0 saturated carbocycles. The van der Waals surface area contributed by atoms with Crippen LogP contribution < -0.4 is 14.9 Å². The molecule has 1 atom stereocenters. The summed E-state index contributed by atoms with van der Waals surface area (Å²) in [6.45, 7) is 5.68. The van der Waals surface area contributed by atoms with Crippen molar-refractivity contribution >= 4 is 58.2 Å². The number of aryl methyl sites for hydroxylation is 1. The summed E-state index contributed by atoms with van der Waals surface area (Å²) in [6, 6.07) is 10.2. The highest BCUT2D eigenvalue weighted by Gasteiger charge is 2.33. The zero-order chi connectivity index (χ0) is 23.9. The minimum atomic E-state index is -0.665. The number of thiazole rings is 1. The summed E-state index contributed by atoms with van der Waals surface area (Å²) in [5, 5.41) is 0.993. The van der Waals surface area contributed by atoms with E-state index >= 15 is 0 Å². The van der Waals surface area contributed by atoms with E-state index in [1.54, 1.807) is 26.0 Å². The zero-order valence-electron chi connectivity index (χ0n) is 18.0. The molecule has 0 amide bonds. The van der Waals surface area contributed by atoms with E-state index in [0.717, 1.165) is 11.1 Å². The van der Waals surface area contributed by atoms with E-state index in [-0.39, 0.29) is 12.2 Å². The van der Waals surface area contributed by atoms with Gasteiger partial charge in [0.05, 0.1) is 38.5 Å². The molecule has 0 radical (unpaired) electrons. The Morgan fingerprint density at radius 2 is 1.88 bits per heavy atom. The number of rotatable bonds is 4. The maximum absolute atomic E-state index is 13.6. The fourth-order valence-corrected chi connectivity index (χ4v) is 5.39. The van der Waals surface area contributed by atoms with E-state index in [9.17, 15) is 9.59 Å². The molecule has 0 bridgehead atoms. The molecule has 9 heteroatoms. The summed E-state index contributed by atoms with van der Waals surface area (Å²) in [7, 11) is 0. The van der Waals surface area contributed by atoms with E-state index in [1.165, 1.54) is 22.0 Å². The van der Waals surface area contributed by atoms with Gasteiger partial charge in [0.15, 0.2) is 4.80 Å². The number of ether oxygens (including phenoxy) is 1. The first kappa shape index (κ1) is 23.8. The molecular formula is C24H19Cl3N2O3S. The number of carbonyl (C=O) groups excluding carboxylic acids is 1. The Morgan fingerprint density at radius 1 is 1.18 bits per heavy atom. The van der Waals surface area contributed by atoms with E-state index in [1.807, 2.05) is 31.2 Å². The van der Waals surface area contributed by atoms with Crippen LogP contribution in [0.4, 0.5) is 0 Å². The number of carbonyl (C=O) groups is 1. The lowest BCUT2D eigenvalue weighted by molar-refractivity contribution is -0.139. The smallest absolute Gasteiger partial charge is 0.338 e. The van der Waals surface area contributed by atoms with Crippen molar-refractivity contribution in [2.45, 2.75) is 26.8 Å². The molecule has 1 aromatic heterocycles. The molecule has 3 aromatic rings. The van der Waals surface area contributed by atoms with Crippen LogP contribution in [0.3, 0.4) is 0 Å². The molecule has 5 nitrogen and oxygen atoms in total. The highest BCUT2D eigenvalue weighted by Crippen LogP contribution is 2.32. The molecule has 0 spiro atoms. The molecule has 1 aliphatic heterocycles. The Kier molecular flexibility index (Phi) is 6.82. The standard InChI is InChI=1S/C24H19Cl3N2O3S/c1-4-32-23(31)19-13(3)28-24-29(21(19)14-7-5-12(2)6-8-14)22(30)18(33-24)10-15-9-16(25)11-17(26)20(15)27/h5-11,21H,4H2,1-3H3/b18-10+/t21-/m0/s1. The van der Waals surface area contributed by atoms with E-state index in [0.29, 0.717) is 41.2 Å². The predicted octanol–water partition coefficient (Wildman–Crippen LogP) is 5.07. The fourth-order valence-electron chi connectivity index (χ4n) is 3.68. The molecule has 0 aliphatic carbocycles. The monoisotopic (exact) mass is 520 g/mol. The van der Waals surface area contributed by atoms with Crippen molar-refractivity contribution in [1.29, 1.82) is 0 Å². The predicted molar refractivity (Wildman–Crippen MR) is 133 cm³/mol. The summed E-state index contributed by atoms with van der Waals surface area (Å²) in [4.78, 5) is 31.5. The maximum Gasteiger partial charge on any atom is 0.338 e. The summed E-state index contributed by atoms with van der Waals surface area (Å²) in [6.07, 6.45) is 1.64. The molecule has 0 N–H and O–H groups in total. The number of allylic oxidation sites excluding steroid dienone is 1. The zero-order valence-corrected chi connectivity index (χ0v) is 21.1. The van der Waals surface area contributed by atoms with Gasteiger partial charge in [-0.2, -0.15) is 0 Å². The van der Waals surface area contributed by atoms with Crippen molar-refractivity contribution < 1.29 is 9.53 Å². The fraction of sp³-hybridized carbons (Fsp3) is 0.208. The Bertz CT molecular complexity index is 1470. The van der Waals surface area contributed by atoms with Crippen molar-refractivity contribution in [2.24, 2.45) is 4.99 Å². The number of hydrogen-bond acceptors (Lipinski definition) is 5. The van der Waals surface area contributed by atoms with Gasteiger partial charge in [0.2, 0.25) is 0 Å². The number of halogens is 3. The summed E-state index contributed by atoms with van der Waals surface area (Å²) in [5.74, 6) is -0.497. The first-order valence-corrected chi connectivity index (χ1v) is 12.1. The van der Waals surface area contributed by atoms with Crippen molar-refractivity contribution in [3.63, 3.8) is 0 Å². The molecule has 2 aromatic carbocycles. The number of aromatic nitrogens is 1. The van der Waals surface area contributed by atoms with Gasteiger partial charge in [-0.15, -0.1) is 0 Å². The van der Waals surface area contributed by atoms with Gasteiger partial charge in [-0.05, 0) is 50.1 Å². The number of esters is 1. The van der Waals surface area contributed by atoms with E-state index < -0.39 is 12.0 Å². The van der Waals surface area contributed by atoms with Crippen LogP contribution in [-0.2, 0) is 9.53 Å². The number of hydrogen-bond donors (Lipinski definition) is 0. The van der Waals surface area contributed by atoms with Crippen molar-refractivity contribution in [2.75, 3.05) is 6.61 Å². The third-order valence-electron chi connectivity index (χ3n) is 5.22. The first-order chi connectivity index (χ1) is 15.7. The van der Waals surface area contributed by atoms with Crippen LogP contribution >= 0.6 is 46.1 Å². The second-order valence-corrected chi connectivity index (χ2v) is 9.73. The lowest BCUT2D eigenvalue weighted by Crippen LogP contribution is -2.39. The highest BCUT2D eigenvalue weighted by atomic mass is 35.5. The SMILES string of the molecule is CCOC(=O)C1=C(C)N=c2s/c(=C/c3cc(Cl)cc(Cl)c3Cl)c(=O)n2[C@H]1c1ccc(C)cc1. The molecule has 0 fully saturated rings. The van der Waals surface area contributed by atoms with Crippen LogP contribution in [0.2, 0.25) is 15.1 Å². The second-order valence-electron chi connectivity index (χ2n) is 7.50. The van der Waals surface area contributed by atoms with E-state index in [2.05, 4.69) is 4.99 Å². The van der Waals surface area contributed by atoms with Crippen molar-refractivity contribution in [3.05, 3.63) is 99.1 Å². The van der Waals surface area contributed by atoms with Gasteiger partial charge in [-0.3, -0.25) is 9.36 Å². The lowest BCUT2D eigenvalue weighted by atomic mass is 9.95. The number of benzene rings is 2. The van der Waals surface area contributed by atoms with Crippen LogP contribution in [0.25, 0.3) is 6.08 Å². The van der Waals surface area contributed by atoms with Crippen molar-refractivity contribution in [1.82, 2.24) is 4.57 Å². The van der Waals surface area contributed by atoms with Crippen LogP contribution in [0, 0.1) is 6.92 Å². The van der Waals surface area contributed by atoms with Gasteiger partial charge in [0.25, 0.3) is 5.56 Å². The number of fused-ring (bicyclic) bond motifs is 1. The van der Waals surface area contributed by atoms with Gasteiger partial charge in [-0.1, -0.05) is 76.0 Å². The summed E-state index contributed by atoms with van der Waals surface area (Å²) in [5.41, 5.74) is 2.92. The van der Waals surface area contributed by atoms with Gasteiger partial charge >= 0.3 is 5.97 Å². The molecule has 0 unspecified atom stereocenters. The van der Waals surface area contributed by atoms with Crippen LogP contribution in [0.15, 0.2) is 57.5 Å². The second kappa shape index (κ2) is 9.47. The van der Waals surface area contributed by atoms with Crippen LogP contribution in [-0.4, -0.2) is 17.1 Å².